The Labute approximate surface area is 137 Å². The van der Waals surface area contributed by atoms with Gasteiger partial charge in [-0.15, -0.1) is 11.3 Å². The molecule has 1 aromatic rings. The highest BCUT2D eigenvalue weighted by atomic mass is 32.1. The van der Waals surface area contributed by atoms with Gasteiger partial charge in [0.25, 0.3) is 0 Å². The van der Waals surface area contributed by atoms with Crippen molar-refractivity contribution in [3.63, 3.8) is 0 Å². The van der Waals surface area contributed by atoms with Crippen molar-refractivity contribution in [2.75, 3.05) is 19.6 Å². The fourth-order valence-electron chi connectivity index (χ4n) is 2.60. The Kier molecular flexibility index (Phi) is 5.81. The molecule has 0 radical (unpaired) electrons. The summed E-state index contributed by atoms with van der Waals surface area (Å²) in [6, 6.07) is 0.295. The number of carbonyl (C=O) groups is 1. The summed E-state index contributed by atoms with van der Waals surface area (Å²) in [5.41, 5.74) is -0.417. The lowest BCUT2D eigenvalue weighted by Gasteiger charge is -2.24. The van der Waals surface area contributed by atoms with Gasteiger partial charge in [-0.2, -0.15) is 0 Å². The first-order valence-electron chi connectivity index (χ1n) is 7.96. The molecule has 1 aromatic heterocycles. The molecule has 2 unspecified atom stereocenters. The molecule has 1 saturated heterocycles. The average Bonchev–Trinajstić information content (AvgIpc) is 3.08. The molecule has 2 heterocycles. The van der Waals surface area contributed by atoms with Crippen LogP contribution in [0.15, 0.2) is 11.6 Å². The molecule has 22 heavy (non-hydrogen) atoms. The molecule has 1 aliphatic rings. The summed E-state index contributed by atoms with van der Waals surface area (Å²) in [4.78, 5) is 18.2. The number of ether oxygens (including phenoxy) is 1. The number of thiazole rings is 1. The number of hydrogen-bond donors (Lipinski definition) is 1. The van der Waals surface area contributed by atoms with Crippen LogP contribution >= 0.6 is 11.3 Å². The second-order valence-electron chi connectivity index (χ2n) is 6.92. The normalized spacial score (nSPS) is 20.2. The molecule has 1 fully saturated rings. The van der Waals surface area contributed by atoms with E-state index in [9.17, 15) is 4.79 Å². The second-order valence-corrected chi connectivity index (χ2v) is 7.84. The zero-order valence-electron chi connectivity index (χ0n) is 14.0. The van der Waals surface area contributed by atoms with Crippen LogP contribution in [0.5, 0.6) is 0 Å². The van der Waals surface area contributed by atoms with E-state index in [0.717, 1.165) is 37.5 Å². The van der Waals surface area contributed by atoms with Crippen LogP contribution in [0.1, 0.15) is 51.6 Å². The van der Waals surface area contributed by atoms with E-state index >= 15 is 0 Å². The summed E-state index contributed by atoms with van der Waals surface area (Å²) in [6.07, 6.45) is 3.80. The molecule has 124 valence electrons. The molecule has 0 aromatic carbocycles. The van der Waals surface area contributed by atoms with Crippen molar-refractivity contribution >= 4 is 17.4 Å². The van der Waals surface area contributed by atoms with Gasteiger partial charge < -0.3 is 15.0 Å². The number of carbonyl (C=O) groups excluding carboxylic acids is 1. The van der Waals surface area contributed by atoms with Crippen LogP contribution < -0.4 is 5.32 Å². The highest BCUT2D eigenvalue weighted by Crippen LogP contribution is 2.22. The highest BCUT2D eigenvalue weighted by Gasteiger charge is 2.29. The molecular formula is C16H27N3O2S. The Morgan fingerprint density at radius 1 is 1.59 bits per heavy atom. The van der Waals surface area contributed by atoms with Crippen molar-refractivity contribution in [2.45, 2.75) is 52.2 Å². The predicted molar refractivity (Wildman–Crippen MR) is 89.1 cm³/mol. The van der Waals surface area contributed by atoms with E-state index in [0.29, 0.717) is 12.0 Å². The van der Waals surface area contributed by atoms with Crippen molar-refractivity contribution in [1.29, 1.82) is 0 Å². The molecular weight excluding hydrogens is 298 g/mol. The maximum Gasteiger partial charge on any atom is 0.410 e. The van der Waals surface area contributed by atoms with Crippen LogP contribution in [0.25, 0.3) is 0 Å². The number of hydrogen-bond acceptors (Lipinski definition) is 5. The SMILES string of the molecule is CC(NCCC1CCN(C(=O)OC(C)(C)C)C1)c1nccs1. The van der Waals surface area contributed by atoms with Crippen molar-refractivity contribution < 1.29 is 9.53 Å². The Morgan fingerprint density at radius 2 is 2.36 bits per heavy atom. The van der Waals surface area contributed by atoms with Gasteiger partial charge in [-0.1, -0.05) is 0 Å². The lowest BCUT2D eigenvalue weighted by atomic mass is 10.1. The van der Waals surface area contributed by atoms with E-state index in [4.69, 9.17) is 4.74 Å². The van der Waals surface area contributed by atoms with E-state index in [1.54, 1.807) is 11.3 Å². The van der Waals surface area contributed by atoms with E-state index in [-0.39, 0.29) is 6.09 Å². The molecule has 5 nitrogen and oxygen atoms in total. The Morgan fingerprint density at radius 3 is 3.00 bits per heavy atom. The first-order chi connectivity index (χ1) is 10.3. The van der Waals surface area contributed by atoms with Gasteiger partial charge in [0, 0.05) is 24.7 Å². The summed E-state index contributed by atoms with van der Waals surface area (Å²) < 4.78 is 5.43. The molecule has 0 aliphatic carbocycles. The monoisotopic (exact) mass is 325 g/mol. The van der Waals surface area contributed by atoms with Crippen molar-refractivity contribution in [2.24, 2.45) is 5.92 Å². The molecule has 1 N–H and O–H groups in total. The summed E-state index contributed by atoms with van der Waals surface area (Å²) in [6.45, 7) is 10.4. The number of nitrogens with zero attached hydrogens (tertiary/aromatic N) is 2. The van der Waals surface area contributed by atoms with Gasteiger partial charge in [-0.3, -0.25) is 0 Å². The van der Waals surface area contributed by atoms with Crippen LogP contribution in [0.4, 0.5) is 4.79 Å². The summed E-state index contributed by atoms with van der Waals surface area (Å²) in [5.74, 6) is 0.559. The summed E-state index contributed by atoms with van der Waals surface area (Å²) in [5, 5.41) is 6.64. The van der Waals surface area contributed by atoms with Crippen molar-refractivity contribution in [3.05, 3.63) is 16.6 Å². The lowest BCUT2D eigenvalue weighted by Crippen LogP contribution is -2.35. The molecule has 1 amide bonds. The molecule has 6 heteroatoms. The Bertz CT molecular complexity index is 470. The lowest BCUT2D eigenvalue weighted by molar-refractivity contribution is 0.0287. The van der Waals surface area contributed by atoms with Crippen LogP contribution in [0, 0.1) is 5.92 Å². The zero-order valence-corrected chi connectivity index (χ0v) is 14.8. The van der Waals surface area contributed by atoms with Gasteiger partial charge in [-0.25, -0.2) is 9.78 Å². The third-order valence-corrected chi connectivity index (χ3v) is 4.72. The summed E-state index contributed by atoms with van der Waals surface area (Å²) in [7, 11) is 0. The minimum Gasteiger partial charge on any atom is -0.444 e. The first-order valence-corrected chi connectivity index (χ1v) is 8.84. The molecule has 0 saturated carbocycles. The Hall–Kier alpha value is -1.14. The topological polar surface area (TPSA) is 54.5 Å². The van der Waals surface area contributed by atoms with Gasteiger partial charge >= 0.3 is 6.09 Å². The number of aromatic nitrogens is 1. The van der Waals surface area contributed by atoms with Gasteiger partial charge in [0.15, 0.2) is 0 Å². The van der Waals surface area contributed by atoms with Crippen LogP contribution in [-0.2, 0) is 4.74 Å². The van der Waals surface area contributed by atoms with Crippen LogP contribution in [-0.4, -0.2) is 41.2 Å². The zero-order chi connectivity index (χ0) is 16.2. The van der Waals surface area contributed by atoms with E-state index in [1.165, 1.54) is 0 Å². The van der Waals surface area contributed by atoms with Crippen molar-refractivity contribution in [1.82, 2.24) is 15.2 Å². The van der Waals surface area contributed by atoms with Gasteiger partial charge in [0.05, 0.1) is 6.04 Å². The fourth-order valence-corrected chi connectivity index (χ4v) is 3.27. The minimum absolute atomic E-state index is 0.181. The largest absolute Gasteiger partial charge is 0.444 e. The molecule has 2 atom stereocenters. The molecule has 2 rings (SSSR count). The first kappa shape index (κ1) is 17.2. The standard InChI is InChI=1S/C16H27N3O2S/c1-12(14-18-8-10-22-14)17-7-5-13-6-9-19(11-13)15(20)21-16(2,3)4/h8,10,12-13,17H,5-7,9,11H2,1-4H3. The van der Waals surface area contributed by atoms with Gasteiger partial charge in [0.1, 0.15) is 10.6 Å². The second kappa shape index (κ2) is 7.42. The van der Waals surface area contributed by atoms with Gasteiger partial charge in [-0.05, 0) is 53.0 Å². The van der Waals surface area contributed by atoms with Crippen LogP contribution in [0.2, 0.25) is 0 Å². The Balaban J connectivity index is 1.67. The maximum atomic E-state index is 12.0. The van der Waals surface area contributed by atoms with Gasteiger partial charge in [0.2, 0.25) is 0 Å². The molecule has 0 bridgehead atoms. The third kappa shape index (κ3) is 5.25. The maximum absolute atomic E-state index is 12.0. The average molecular weight is 325 g/mol. The third-order valence-electron chi connectivity index (χ3n) is 3.76. The van der Waals surface area contributed by atoms with E-state index in [2.05, 4.69) is 17.2 Å². The van der Waals surface area contributed by atoms with E-state index in [1.807, 2.05) is 37.2 Å². The van der Waals surface area contributed by atoms with Crippen LogP contribution in [0.3, 0.4) is 0 Å². The summed E-state index contributed by atoms with van der Waals surface area (Å²) >= 11 is 1.68. The van der Waals surface area contributed by atoms with Crippen molar-refractivity contribution in [3.8, 4) is 0 Å². The molecule has 1 aliphatic heterocycles. The smallest absolute Gasteiger partial charge is 0.410 e. The predicted octanol–water partition coefficient (Wildman–Crippen LogP) is 3.44. The molecule has 0 spiro atoms. The number of nitrogens with one attached hydrogen (secondary N) is 1. The fraction of sp³-hybridized carbons (Fsp3) is 0.750. The minimum atomic E-state index is -0.417. The number of rotatable bonds is 5. The highest BCUT2D eigenvalue weighted by molar-refractivity contribution is 7.09. The number of likely N-dealkylation sites (tertiary alicyclic amines) is 1. The number of amides is 1. The van der Waals surface area contributed by atoms with E-state index < -0.39 is 5.60 Å². The quantitative estimate of drug-likeness (QED) is 0.901.